The number of nitrogens with zero attached hydrogens (tertiary/aromatic N) is 3. The second-order valence-electron chi connectivity index (χ2n) is 6.23. The van der Waals surface area contributed by atoms with Crippen LogP contribution >= 0.6 is 0 Å². The summed E-state index contributed by atoms with van der Waals surface area (Å²) in [6, 6.07) is 5.77. The number of fused-ring (bicyclic) bond motifs is 1. The van der Waals surface area contributed by atoms with Crippen molar-refractivity contribution in [2.45, 2.75) is 24.9 Å². The van der Waals surface area contributed by atoms with Crippen molar-refractivity contribution < 1.29 is 9.47 Å². The van der Waals surface area contributed by atoms with Crippen LogP contribution in [-0.4, -0.2) is 53.9 Å². The molecule has 6 nitrogen and oxygen atoms in total. The van der Waals surface area contributed by atoms with Crippen LogP contribution in [0.2, 0.25) is 0 Å². The fourth-order valence-electron chi connectivity index (χ4n) is 3.77. The average Bonchev–Trinajstić information content (AvgIpc) is 3.25. The molecule has 2 aliphatic heterocycles. The van der Waals surface area contributed by atoms with E-state index in [1.54, 1.807) is 24.1 Å². The highest BCUT2D eigenvalue weighted by molar-refractivity contribution is 5.83. The summed E-state index contributed by atoms with van der Waals surface area (Å²) >= 11 is 0. The molecule has 3 heterocycles. The first-order valence-electron chi connectivity index (χ1n) is 8.15. The Kier molecular flexibility index (Phi) is 3.79. The van der Waals surface area contributed by atoms with Gasteiger partial charge in [0, 0.05) is 0 Å². The van der Waals surface area contributed by atoms with Gasteiger partial charge in [-0.05, 0) is 38.1 Å². The minimum absolute atomic E-state index is 0.0161. The summed E-state index contributed by atoms with van der Waals surface area (Å²) in [4.78, 5) is 19.9. The Morgan fingerprint density at radius 2 is 2.00 bits per heavy atom. The molecule has 2 fully saturated rings. The topological polar surface area (TPSA) is 56.6 Å². The zero-order chi connectivity index (χ0) is 15.8. The molecule has 2 atom stereocenters. The zero-order valence-corrected chi connectivity index (χ0v) is 13.3. The molecule has 0 spiro atoms. The second-order valence-corrected chi connectivity index (χ2v) is 6.23. The van der Waals surface area contributed by atoms with Gasteiger partial charge in [-0.1, -0.05) is 6.07 Å². The van der Waals surface area contributed by atoms with Gasteiger partial charge in [0.1, 0.15) is 11.1 Å². The van der Waals surface area contributed by atoms with Crippen molar-refractivity contribution in [2.75, 3.05) is 33.4 Å². The molecule has 0 aliphatic carbocycles. The van der Waals surface area contributed by atoms with E-state index in [0.29, 0.717) is 29.9 Å². The number of ether oxygens (including phenoxy) is 2. The lowest BCUT2D eigenvalue weighted by molar-refractivity contribution is 0.158. The Morgan fingerprint density at radius 1 is 1.22 bits per heavy atom. The van der Waals surface area contributed by atoms with Crippen molar-refractivity contribution in [1.82, 2.24) is 14.5 Å². The van der Waals surface area contributed by atoms with E-state index >= 15 is 0 Å². The lowest BCUT2D eigenvalue weighted by Gasteiger charge is -2.28. The number of rotatable bonds is 3. The number of benzene rings is 1. The van der Waals surface area contributed by atoms with Crippen LogP contribution in [0.25, 0.3) is 10.9 Å². The van der Waals surface area contributed by atoms with Gasteiger partial charge >= 0.3 is 0 Å². The monoisotopic (exact) mass is 315 g/mol. The third kappa shape index (κ3) is 2.42. The predicted molar refractivity (Wildman–Crippen MR) is 87.0 cm³/mol. The summed E-state index contributed by atoms with van der Waals surface area (Å²) in [7, 11) is 1.58. The highest BCUT2D eigenvalue weighted by Gasteiger charge is 2.36. The Hall–Kier alpha value is -1.92. The Bertz CT molecular complexity index is 767. The first-order chi connectivity index (χ1) is 11.3. The molecule has 2 aromatic rings. The molecule has 23 heavy (non-hydrogen) atoms. The summed E-state index contributed by atoms with van der Waals surface area (Å²) in [5.74, 6) is 0.575. The van der Waals surface area contributed by atoms with Gasteiger partial charge in [0.25, 0.3) is 5.56 Å². The SMILES string of the molecule is COc1cccc2ncn(C3COCC3N3CCCC3)c(=O)c12. The highest BCUT2D eigenvalue weighted by Crippen LogP contribution is 2.27. The van der Waals surface area contributed by atoms with E-state index in [1.807, 2.05) is 12.1 Å². The summed E-state index contributed by atoms with van der Waals surface area (Å²) in [5.41, 5.74) is 0.620. The van der Waals surface area contributed by atoms with Crippen LogP contribution in [0.4, 0.5) is 0 Å². The first kappa shape index (κ1) is 14.7. The molecule has 0 amide bonds. The van der Waals surface area contributed by atoms with Gasteiger partial charge in [-0.3, -0.25) is 14.3 Å². The lowest BCUT2D eigenvalue weighted by Crippen LogP contribution is -2.42. The molecule has 1 aromatic carbocycles. The van der Waals surface area contributed by atoms with Crippen LogP contribution < -0.4 is 10.3 Å². The maximum absolute atomic E-state index is 13.0. The predicted octanol–water partition coefficient (Wildman–Crippen LogP) is 1.44. The maximum Gasteiger partial charge on any atom is 0.265 e. The number of aromatic nitrogens is 2. The molecule has 0 bridgehead atoms. The van der Waals surface area contributed by atoms with Crippen molar-refractivity contribution in [2.24, 2.45) is 0 Å². The maximum atomic E-state index is 13.0. The summed E-state index contributed by atoms with van der Waals surface area (Å²) < 4.78 is 12.8. The van der Waals surface area contributed by atoms with Crippen LogP contribution in [0.5, 0.6) is 5.75 Å². The average molecular weight is 315 g/mol. The molecule has 2 aliphatic rings. The van der Waals surface area contributed by atoms with Crippen molar-refractivity contribution in [1.29, 1.82) is 0 Å². The van der Waals surface area contributed by atoms with E-state index in [9.17, 15) is 4.79 Å². The minimum Gasteiger partial charge on any atom is -0.496 e. The highest BCUT2D eigenvalue weighted by atomic mass is 16.5. The van der Waals surface area contributed by atoms with E-state index in [-0.39, 0.29) is 17.6 Å². The second kappa shape index (κ2) is 5.94. The van der Waals surface area contributed by atoms with Gasteiger partial charge < -0.3 is 9.47 Å². The summed E-state index contributed by atoms with van der Waals surface area (Å²) in [6.45, 7) is 3.41. The smallest absolute Gasteiger partial charge is 0.265 e. The first-order valence-corrected chi connectivity index (χ1v) is 8.15. The van der Waals surface area contributed by atoms with Crippen molar-refractivity contribution in [3.8, 4) is 5.75 Å². The van der Waals surface area contributed by atoms with Gasteiger partial charge in [-0.25, -0.2) is 4.98 Å². The molecule has 1 aromatic heterocycles. The van der Waals surface area contributed by atoms with Crippen LogP contribution in [0.3, 0.4) is 0 Å². The Labute approximate surface area is 134 Å². The normalized spacial score (nSPS) is 25.3. The van der Waals surface area contributed by atoms with E-state index < -0.39 is 0 Å². The molecular weight excluding hydrogens is 294 g/mol. The van der Waals surface area contributed by atoms with Crippen molar-refractivity contribution in [3.05, 3.63) is 34.9 Å². The number of hydrogen-bond acceptors (Lipinski definition) is 5. The van der Waals surface area contributed by atoms with E-state index in [2.05, 4.69) is 9.88 Å². The molecule has 2 saturated heterocycles. The summed E-state index contributed by atoms with van der Waals surface area (Å²) in [6.07, 6.45) is 4.11. The van der Waals surface area contributed by atoms with Crippen molar-refractivity contribution >= 4 is 10.9 Å². The van der Waals surface area contributed by atoms with Crippen LogP contribution in [0, 0.1) is 0 Å². The van der Waals surface area contributed by atoms with Crippen LogP contribution in [0.15, 0.2) is 29.3 Å². The Balaban J connectivity index is 1.79. The van der Waals surface area contributed by atoms with Gasteiger partial charge in [0.05, 0.1) is 44.3 Å². The molecular formula is C17H21N3O3. The quantitative estimate of drug-likeness (QED) is 0.858. The van der Waals surface area contributed by atoms with Crippen LogP contribution in [0.1, 0.15) is 18.9 Å². The zero-order valence-electron chi connectivity index (χ0n) is 13.3. The molecule has 0 radical (unpaired) electrons. The number of methoxy groups -OCH3 is 1. The van der Waals surface area contributed by atoms with Gasteiger partial charge in [0.15, 0.2) is 0 Å². The number of hydrogen-bond donors (Lipinski definition) is 0. The lowest BCUT2D eigenvalue weighted by atomic mass is 10.1. The van der Waals surface area contributed by atoms with E-state index in [1.165, 1.54) is 12.8 Å². The van der Waals surface area contributed by atoms with E-state index in [0.717, 1.165) is 13.1 Å². The molecule has 4 rings (SSSR count). The largest absolute Gasteiger partial charge is 0.496 e. The van der Waals surface area contributed by atoms with Gasteiger partial charge in [-0.15, -0.1) is 0 Å². The standard InChI is InChI=1S/C17H21N3O3/c1-22-15-6-4-5-12-16(15)17(21)20(11-18-12)14-10-23-9-13(14)19-7-2-3-8-19/h4-6,11,13-14H,2-3,7-10H2,1H3. The molecule has 0 saturated carbocycles. The minimum atomic E-state index is -0.0489. The van der Waals surface area contributed by atoms with E-state index in [4.69, 9.17) is 9.47 Å². The summed E-state index contributed by atoms with van der Waals surface area (Å²) in [5, 5.41) is 0.546. The fourth-order valence-corrected chi connectivity index (χ4v) is 3.77. The third-order valence-corrected chi connectivity index (χ3v) is 4.98. The molecule has 122 valence electrons. The van der Waals surface area contributed by atoms with Crippen molar-refractivity contribution in [3.63, 3.8) is 0 Å². The Morgan fingerprint density at radius 3 is 2.78 bits per heavy atom. The third-order valence-electron chi connectivity index (χ3n) is 4.98. The molecule has 2 unspecified atom stereocenters. The van der Waals surface area contributed by atoms with Crippen LogP contribution in [-0.2, 0) is 4.74 Å². The van der Waals surface area contributed by atoms with Gasteiger partial charge in [0.2, 0.25) is 0 Å². The molecule has 0 N–H and O–H groups in total. The number of likely N-dealkylation sites (tertiary alicyclic amines) is 1. The molecule has 6 heteroatoms. The van der Waals surface area contributed by atoms with Gasteiger partial charge in [-0.2, -0.15) is 0 Å². The fraction of sp³-hybridized carbons (Fsp3) is 0.529.